The van der Waals surface area contributed by atoms with Gasteiger partial charge in [-0.25, -0.2) is 4.79 Å². The van der Waals surface area contributed by atoms with Gasteiger partial charge < -0.3 is 46.0 Å². The minimum Gasteiger partial charge on any atom is -0.444 e. The monoisotopic (exact) mass is 1440 g/mol. The van der Waals surface area contributed by atoms with Crippen LogP contribution in [-0.4, -0.2) is 166 Å². The highest BCUT2D eigenvalue weighted by Crippen LogP contribution is 2.17. The zero-order valence-electron chi connectivity index (χ0n) is 68.9. The molecule has 16 nitrogen and oxygen atoms in total. The van der Waals surface area contributed by atoms with Crippen molar-refractivity contribution < 1.29 is 33.5 Å². The SMILES string of the molecule is CCCCCCCCCCCCNC(=O)CCN(CCC(=O)NCCCCCCCCCCCC)CCN(CCC(=O)NCCCCCCCCCCCC)CCN(CCN(CCC(=O)NCCCCCCCCCCCC)CCC(=O)NCCCCCCCCCCCC)C(=O)OC(C)(C)C. The summed E-state index contributed by atoms with van der Waals surface area (Å²) in [5, 5.41) is 15.9. The van der Waals surface area contributed by atoms with E-state index in [0.29, 0.717) is 124 Å². The first-order chi connectivity index (χ1) is 49.7. The lowest BCUT2D eigenvalue weighted by molar-refractivity contribution is -0.123. The Morgan fingerprint density at radius 1 is 0.225 bits per heavy atom. The molecule has 0 radical (unpaired) electrons. The predicted octanol–water partition coefficient (Wildman–Crippen LogP) is 20.3. The van der Waals surface area contributed by atoms with Gasteiger partial charge in [0.25, 0.3) is 0 Å². The van der Waals surface area contributed by atoms with E-state index in [9.17, 15) is 28.8 Å². The summed E-state index contributed by atoms with van der Waals surface area (Å²) in [7, 11) is 0. The van der Waals surface area contributed by atoms with Crippen molar-refractivity contribution in [2.24, 2.45) is 0 Å². The van der Waals surface area contributed by atoms with Gasteiger partial charge in [0.05, 0.1) is 0 Å². The maximum Gasteiger partial charge on any atom is 0.410 e. The van der Waals surface area contributed by atoms with Gasteiger partial charge in [0.15, 0.2) is 0 Å². The highest BCUT2D eigenvalue weighted by atomic mass is 16.6. The number of carbonyl (C=O) groups excluding carboxylic acids is 6. The third-order valence-corrected chi connectivity index (χ3v) is 20.3. The van der Waals surface area contributed by atoms with Gasteiger partial charge in [0.2, 0.25) is 29.5 Å². The van der Waals surface area contributed by atoms with Crippen LogP contribution in [0.1, 0.15) is 409 Å². The molecule has 602 valence electrons. The van der Waals surface area contributed by atoms with E-state index in [4.69, 9.17) is 4.74 Å². The lowest BCUT2D eigenvalue weighted by Gasteiger charge is -2.32. The smallest absolute Gasteiger partial charge is 0.410 e. The Labute approximate surface area is 631 Å². The third kappa shape index (κ3) is 72.1. The fourth-order valence-electron chi connectivity index (χ4n) is 13.4. The molecule has 0 atom stereocenters. The Balaban J connectivity index is 6.48. The van der Waals surface area contributed by atoms with Crippen LogP contribution < -0.4 is 26.6 Å². The molecule has 0 spiro atoms. The fraction of sp³-hybridized carbons (Fsp3) is 0.930. The summed E-state index contributed by atoms with van der Waals surface area (Å²) in [6.45, 7) is 25.2. The molecule has 6 amide bonds. The zero-order chi connectivity index (χ0) is 74.7. The molecule has 5 N–H and O–H groups in total. The second-order valence-corrected chi connectivity index (χ2v) is 31.4. The molecule has 0 aliphatic rings. The second kappa shape index (κ2) is 75.7. The van der Waals surface area contributed by atoms with Crippen LogP contribution in [0.5, 0.6) is 0 Å². The molecule has 16 heteroatoms. The van der Waals surface area contributed by atoms with E-state index in [1.807, 2.05) is 20.8 Å². The van der Waals surface area contributed by atoms with Crippen molar-refractivity contribution in [1.29, 1.82) is 0 Å². The first-order valence-corrected chi connectivity index (χ1v) is 44.2. The number of hydrogen-bond donors (Lipinski definition) is 5. The molecular formula is C86H171N9O7. The molecule has 0 aromatic carbocycles. The summed E-state index contributed by atoms with van der Waals surface area (Å²) in [5.41, 5.74) is -0.751. The number of ether oxygens (including phenoxy) is 1. The predicted molar refractivity (Wildman–Crippen MR) is 434 cm³/mol. The van der Waals surface area contributed by atoms with Gasteiger partial charge in [-0.15, -0.1) is 0 Å². The number of rotatable bonds is 79. The highest BCUT2D eigenvalue weighted by Gasteiger charge is 2.25. The summed E-state index contributed by atoms with van der Waals surface area (Å²) in [6, 6.07) is 0. The lowest BCUT2D eigenvalue weighted by Crippen LogP contribution is -2.47. The Bertz CT molecular complexity index is 1800. The molecule has 0 aromatic rings. The fourth-order valence-corrected chi connectivity index (χ4v) is 13.4. The standard InChI is InChI=1S/C86H171N9O7/c1-9-14-19-24-29-34-39-44-49-54-64-87-80(96)59-69-92(70-60-81(97)88-65-55-50-45-40-35-30-25-20-15-10-2)74-75-94(73-63-84(100)91-68-58-53-48-43-38-33-28-23-18-13-5)77-79-95(85(101)102-86(6,7)8)78-76-93(71-61-82(98)89-66-56-51-46-41-36-31-26-21-16-11-3)72-62-83(99)90-67-57-52-47-42-37-32-27-22-17-12-4/h9-79H2,1-8H3,(H,87,96)(H,88,97)(H,89,98)(H,90,99)(H,91,100). The van der Waals surface area contributed by atoms with Crippen molar-refractivity contribution in [2.75, 3.05) is 105 Å². The topological polar surface area (TPSA) is 185 Å². The van der Waals surface area contributed by atoms with Gasteiger partial charge in [-0.2, -0.15) is 0 Å². The van der Waals surface area contributed by atoms with E-state index in [2.05, 4.69) is 75.9 Å². The summed E-state index contributed by atoms with van der Waals surface area (Å²) in [4.78, 5) is 90.2. The quantitative estimate of drug-likeness (QED) is 0.0367. The average molecular weight is 1440 g/mol. The van der Waals surface area contributed by atoms with Gasteiger partial charge in [-0.3, -0.25) is 28.9 Å². The number of amides is 6. The van der Waals surface area contributed by atoms with Crippen LogP contribution >= 0.6 is 0 Å². The highest BCUT2D eigenvalue weighted by molar-refractivity contribution is 5.78. The summed E-state index contributed by atoms with van der Waals surface area (Å²) >= 11 is 0. The van der Waals surface area contributed by atoms with Gasteiger partial charge in [-0.05, 0) is 52.9 Å². The zero-order valence-corrected chi connectivity index (χ0v) is 68.9. The van der Waals surface area contributed by atoms with Crippen LogP contribution in [0.4, 0.5) is 4.79 Å². The summed E-state index contributed by atoms with van der Waals surface area (Å²) in [6.07, 6.45) is 63.0. The summed E-state index contributed by atoms with van der Waals surface area (Å²) in [5.74, 6) is 0.0455. The molecule has 0 fully saturated rings. The molecule has 0 heterocycles. The van der Waals surface area contributed by atoms with Crippen molar-refractivity contribution in [3.05, 3.63) is 0 Å². The number of nitrogens with zero attached hydrogens (tertiary/aromatic N) is 4. The summed E-state index contributed by atoms with van der Waals surface area (Å²) < 4.78 is 6.10. The largest absolute Gasteiger partial charge is 0.444 e. The molecule has 102 heavy (non-hydrogen) atoms. The van der Waals surface area contributed by atoms with E-state index in [1.54, 1.807) is 4.90 Å². The molecule has 0 unspecified atom stereocenters. The third-order valence-electron chi connectivity index (χ3n) is 20.3. The molecule has 0 aliphatic carbocycles. The van der Waals surface area contributed by atoms with E-state index < -0.39 is 11.7 Å². The van der Waals surface area contributed by atoms with E-state index in [1.165, 1.54) is 257 Å². The van der Waals surface area contributed by atoms with Crippen LogP contribution in [0, 0.1) is 0 Å². The number of nitrogens with one attached hydrogen (secondary N) is 5. The van der Waals surface area contributed by atoms with Crippen molar-refractivity contribution in [2.45, 2.75) is 414 Å². The van der Waals surface area contributed by atoms with Crippen molar-refractivity contribution in [3.63, 3.8) is 0 Å². The lowest BCUT2D eigenvalue weighted by atomic mass is 10.1. The maximum atomic E-state index is 14.4. The van der Waals surface area contributed by atoms with Gasteiger partial charge in [0, 0.05) is 137 Å². The first-order valence-electron chi connectivity index (χ1n) is 44.2. The number of carbonyl (C=O) groups is 6. The molecule has 0 aromatic heterocycles. The van der Waals surface area contributed by atoms with Crippen molar-refractivity contribution >= 4 is 35.6 Å². The molecular weight excluding hydrogens is 1270 g/mol. The maximum absolute atomic E-state index is 14.4. The Morgan fingerprint density at radius 2 is 0.382 bits per heavy atom. The Morgan fingerprint density at radius 3 is 0.559 bits per heavy atom. The van der Waals surface area contributed by atoms with Crippen LogP contribution in [-0.2, 0) is 28.7 Å². The minimum absolute atomic E-state index is 0.00231. The molecule has 0 saturated heterocycles. The van der Waals surface area contributed by atoms with Crippen molar-refractivity contribution in [1.82, 2.24) is 46.2 Å². The van der Waals surface area contributed by atoms with Gasteiger partial charge in [0.1, 0.15) is 5.60 Å². The van der Waals surface area contributed by atoms with Crippen LogP contribution in [0.25, 0.3) is 0 Å². The molecule has 0 aliphatic heterocycles. The van der Waals surface area contributed by atoms with Crippen molar-refractivity contribution in [3.8, 4) is 0 Å². The molecule has 0 bridgehead atoms. The van der Waals surface area contributed by atoms with Crippen LogP contribution in [0.3, 0.4) is 0 Å². The molecule has 0 saturated carbocycles. The molecule has 0 rings (SSSR count). The Kier molecular flexibility index (Phi) is 73.1. The van der Waals surface area contributed by atoms with Crippen LogP contribution in [0.2, 0.25) is 0 Å². The normalized spacial score (nSPS) is 11.7. The minimum atomic E-state index is -0.751. The first kappa shape index (κ1) is 98.5. The number of hydrogen-bond acceptors (Lipinski definition) is 10. The van der Waals surface area contributed by atoms with E-state index in [-0.39, 0.29) is 42.4 Å². The van der Waals surface area contributed by atoms with E-state index in [0.717, 1.165) is 64.2 Å². The van der Waals surface area contributed by atoms with Gasteiger partial charge >= 0.3 is 6.09 Å². The van der Waals surface area contributed by atoms with Crippen LogP contribution in [0.15, 0.2) is 0 Å². The van der Waals surface area contributed by atoms with Gasteiger partial charge in [-0.1, -0.05) is 324 Å². The van der Waals surface area contributed by atoms with E-state index >= 15 is 0 Å². The Hall–Kier alpha value is -3.50. The average Bonchev–Trinajstić information content (AvgIpc) is 0.900. The second-order valence-electron chi connectivity index (χ2n) is 31.4. The number of unbranched alkanes of at least 4 members (excludes halogenated alkanes) is 45.